The predicted octanol–water partition coefficient (Wildman–Crippen LogP) is 2.48. The van der Waals surface area contributed by atoms with Gasteiger partial charge in [0.2, 0.25) is 0 Å². The maximum Gasteiger partial charge on any atom is 0.00200 e. The van der Waals surface area contributed by atoms with Crippen LogP contribution in [0.3, 0.4) is 0 Å². The van der Waals surface area contributed by atoms with E-state index in [1.54, 1.807) is 0 Å². The van der Waals surface area contributed by atoms with Crippen molar-refractivity contribution in [3.05, 3.63) is 34.4 Å². The van der Waals surface area contributed by atoms with Gasteiger partial charge in [-0.3, -0.25) is 0 Å². The quantitative estimate of drug-likeness (QED) is 0.757. The Morgan fingerprint density at radius 2 is 1.89 bits per heavy atom. The molecule has 1 saturated carbocycles. The van der Waals surface area contributed by atoms with Crippen LogP contribution in [0.4, 0.5) is 0 Å². The van der Waals surface area contributed by atoms with Gasteiger partial charge in [0.15, 0.2) is 0 Å². The van der Waals surface area contributed by atoms with E-state index in [1.165, 1.54) is 35.1 Å². The summed E-state index contributed by atoms with van der Waals surface area (Å²) in [4.78, 5) is 0. The summed E-state index contributed by atoms with van der Waals surface area (Å²) in [7, 11) is 0. The lowest BCUT2D eigenvalue weighted by atomic mass is 9.97. The standard InChI is InChI=1S/C16H26N2/c1-12-4-5-15(14(3)13(12)2)6-9-18-11-16(10-17)7-8-16/h4-5,18H,6-11,17H2,1-3H3. The van der Waals surface area contributed by atoms with Crippen LogP contribution >= 0.6 is 0 Å². The van der Waals surface area contributed by atoms with Gasteiger partial charge in [0.25, 0.3) is 0 Å². The second kappa shape index (κ2) is 5.41. The molecule has 0 aliphatic heterocycles. The van der Waals surface area contributed by atoms with E-state index in [0.717, 1.165) is 26.1 Å². The van der Waals surface area contributed by atoms with Crippen LogP contribution in [0.5, 0.6) is 0 Å². The summed E-state index contributed by atoms with van der Waals surface area (Å²) in [6.07, 6.45) is 3.73. The van der Waals surface area contributed by atoms with E-state index in [9.17, 15) is 0 Å². The fraction of sp³-hybridized carbons (Fsp3) is 0.625. The largest absolute Gasteiger partial charge is 0.330 e. The molecule has 3 N–H and O–H groups in total. The minimum absolute atomic E-state index is 0.443. The van der Waals surface area contributed by atoms with E-state index in [2.05, 4.69) is 38.2 Å². The number of nitrogens with two attached hydrogens (primary N) is 1. The molecule has 1 aliphatic rings. The van der Waals surface area contributed by atoms with Crippen LogP contribution in [0.15, 0.2) is 12.1 Å². The van der Waals surface area contributed by atoms with Gasteiger partial charge in [0, 0.05) is 6.54 Å². The molecule has 0 unspecified atom stereocenters. The summed E-state index contributed by atoms with van der Waals surface area (Å²) in [5.74, 6) is 0. The molecule has 2 nitrogen and oxygen atoms in total. The predicted molar refractivity (Wildman–Crippen MR) is 77.9 cm³/mol. The van der Waals surface area contributed by atoms with Gasteiger partial charge in [-0.15, -0.1) is 0 Å². The average molecular weight is 246 g/mol. The van der Waals surface area contributed by atoms with Crippen molar-refractivity contribution in [3.63, 3.8) is 0 Å². The van der Waals surface area contributed by atoms with Crippen molar-refractivity contribution >= 4 is 0 Å². The Morgan fingerprint density at radius 3 is 2.50 bits per heavy atom. The van der Waals surface area contributed by atoms with Crippen molar-refractivity contribution in [1.82, 2.24) is 5.32 Å². The second-order valence-electron chi connectivity index (χ2n) is 5.92. The van der Waals surface area contributed by atoms with Crippen molar-refractivity contribution in [2.24, 2.45) is 11.1 Å². The molecule has 0 heterocycles. The molecule has 1 aliphatic carbocycles. The number of aryl methyl sites for hydroxylation is 1. The molecule has 0 saturated heterocycles. The summed E-state index contributed by atoms with van der Waals surface area (Å²) in [6, 6.07) is 4.51. The van der Waals surface area contributed by atoms with Gasteiger partial charge in [-0.1, -0.05) is 12.1 Å². The van der Waals surface area contributed by atoms with Crippen molar-refractivity contribution in [3.8, 4) is 0 Å². The first kappa shape index (κ1) is 13.6. The first-order valence-electron chi connectivity index (χ1n) is 7.04. The summed E-state index contributed by atoms with van der Waals surface area (Å²) in [6.45, 7) is 9.62. The number of hydrogen-bond donors (Lipinski definition) is 2. The molecule has 0 spiro atoms. The minimum atomic E-state index is 0.443. The minimum Gasteiger partial charge on any atom is -0.330 e. The average Bonchev–Trinajstić information content (AvgIpc) is 3.15. The Bertz CT molecular complexity index is 419. The van der Waals surface area contributed by atoms with Crippen LogP contribution in [0.1, 0.15) is 35.1 Å². The number of rotatable bonds is 6. The molecule has 2 rings (SSSR count). The van der Waals surface area contributed by atoms with Crippen molar-refractivity contribution in [2.45, 2.75) is 40.0 Å². The zero-order valence-corrected chi connectivity index (χ0v) is 12.0. The third kappa shape index (κ3) is 2.93. The van der Waals surface area contributed by atoms with E-state index < -0.39 is 0 Å². The lowest BCUT2D eigenvalue weighted by Crippen LogP contribution is -2.31. The monoisotopic (exact) mass is 246 g/mol. The van der Waals surface area contributed by atoms with E-state index in [0.29, 0.717) is 5.41 Å². The summed E-state index contributed by atoms with van der Waals surface area (Å²) in [5, 5.41) is 3.57. The summed E-state index contributed by atoms with van der Waals surface area (Å²) in [5.41, 5.74) is 12.0. The van der Waals surface area contributed by atoms with Crippen LogP contribution < -0.4 is 11.1 Å². The Balaban J connectivity index is 1.82. The van der Waals surface area contributed by atoms with E-state index in [-0.39, 0.29) is 0 Å². The molecule has 0 atom stereocenters. The number of nitrogens with one attached hydrogen (secondary N) is 1. The topological polar surface area (TPSA) is 38.0 Å². The lowest BCUT2D eigenvalue weighted by Gasteiger charge is -2.15. The molecule has 0 aromatic heterocycles. The second-order valence-corrected chi connectivity index (χ2v) is 5.92. The Kier molecular flexibility index (Phi) is 4.08. The Hall–Kier alpha value is -0.860. The van der Waals surface area contributed by atoms with Crippen LogP contribution in [-0.4, -0.2) is 19.6 Å². The fourth-order valence-electron chi connectivity index (χ4n) is 2.49. The highest BCUT2D eigenvalue weighted by Crippen LogP contribution is 2.43. The molecule has 0 radical (unpaired) electrons. The third-order valence-electron chi connectivity index (χ3n) is 4.63. The maximum absolute atomic E-state index is 5.78. The van der Waals surface area contributed by atoms with Crippen LogP contribution in [0.25, 0.3) is 0 Å². The van der Waals surface area contributed by atoms with Gasteiger partial charge < -0.3 is 11.1 Å². The van der Waals surface area contributed by atoms with E-state index >= 15 is 0 Å². The number of hydrogen-bond acceptors (Lipinski definition) is 2. The molecule has 2 heteroatoms. The third-order valence-corrected chi connectivity index (χ3v) is 4.63. The molecule has 100 valence electrons. The SMILES string of the molecule is Cc1ccc(CCNCC2(CN)CC2)c(C)c1C. The maximum atomic E-state index is 5.78. The van der Waals surface area contributed by atoms with Gasteiger partial charge >= 0.3 is 0 Å². The molecule has 1 aromatic rings. The summed E-state index contributed by atoms with van der Waals surface area (Å²) < 4.78 is 0. The van der Waals surface area contributed by atoms with Gasteiger partial charge in [0.1, 0.15) is 0 Å². The molecular formula is C16H26N2. The normalized spacial score (nSPS) is 16.9. The highest BCUT2D eigenvalue weighted by atomic mass is 14.9. The Labute approximate surface area is 111 Å². The molecule has 1 aromatic carbocycles. The van der Waals surface area contributed by atoms with E-state index in [1.807, 2.05) is 0 Å². The first-order chi connectivity index (χ1) is 8.58. The molecule has 0 bridgehead atoms. The van der Waals surface area contributed by atoms with Crippen molar-refractivity contribution < 1.29 is 0 Å². The van der Waals surface area contributed by atoms with Crippen LogP contribution in [0.2, 0.25) is 0 Å². The zero-order valence-electron chi connectivity index (χ0n) is 12.0. The molecule has 1 fully saturated rings. The van der Waals surface area contributed by atoms with Crippen molar-refractivity contribution in [2.75, 3.05) is 19.6 Å². The van der Waals surface area contributed by atoms with Gasteiger partial charge in [-0.05, 0) is 80.8 Å². The lowest BCUT2D eigenvalue weighted by molar-refractivity contribution is 0.470. The van der Waals surface area contributed by atoms with Crippen LogP contribution in [-0.2, 0) is 6.42 Å². The van der Waals surface area contributed by atoms with Gasteiger partial charge in [-0.25, -0.2) is 0 Å². The molecule has 0 amide bonds. The zero-order chi connectivity index (χ0) is 13.2. The molecular weight excluding hydrogens is 220 g/mol. The fourth-order valence-corrected chi connectivity index (χ4v) is 2.49. The summed E-state index contributed by atoms with van der Waals surface area (Å²) >= 11 is 0. The van der Waals surface area contributed by atoms with Crippen molar-refractivity contribution in [1.29, 1.82) is 0 Å². The number of benzene rings is 1. The first-order valence-corrected chi connectivity index (χ1v) is 7.04. The van der Waals surface area contributed by atoms with Gasteiger partial charge in [-0.2, -0.15) is 0 Å². The highest BCUT2D eigenvalue weighted by molar-refractivity contribution is 5.38. The molecule has 18 heavy (non-hydrogen) atoms. The van der Waals surface area contributed by atoms with Gasteiger partial charge in [0.05, 0.1) is 0 Å². The van der Waals surface area contributed by atoms with E-state index in [4.69, 9.17) is 5.73 Å². The van der Waals surface area contributed by atoms with Crippen LogP contribution in [0, 0.1) is 26.2 Å². The highest BCUT2D eigenvalue weighted by Gasteiger charge is 2.40. The Morgan fingerprint density at radius 1 is 1.17 bits per heavy atom. The smallest absolute Gasteiger partial charge is 0.00200 e.